The minimum Gasteiger partial charge on any atom is -0.342 e. The molecule has 7 heteroatoms. The van der Waals surface area contributed by atoms with Crippen molar-refractivity contribution in [1.82, 2.24) is 14.4 Å². The summed E-state index contributed by atoms with van der Waals surface area (Å²) >= 11 is 0.903. The zero-order valence-corrected chi connectivity index (χ0v) is 20.5. The Bertz CT molecular complexity index is 1550. The SMILES string of the molecule is O=C(CN1C(=O)S/C(=C\c2cn(Cc3ccc4ccccc4c3)c3ccccc23)C1=O)N1CCCC1. The second-order valence-electron chi connectivity index (χ2n) is 9.27. The number of hydrogen-bond donors (Lipinski definition) is 0. The largest absolute Gasteiger partial charge is 0.342 e. The number of imide groups is 1. The van der Waals surface area contributed by atoms with Gasteiger partial charge in [-0.1, -0.05) is 54.6 Å². The quantitative estimate of drug-likeness (QED) is 0.343. The molecule has 0 spiro atoms. The number of aromatic nitrogens is 1. The van der Waals surface area contributed by atoms with Gasteiger partial charge in [-0.05, 0) is 59.1 Å². The molecule has 2 fully saturated rings. The molecule has 0 unspecified atom stereocenters. The van der Waals surface area contributed by atoms with Gasteiger partial charge < -0.3 is 9.47 Å². The Hall–Kier alpha value is -3.84. The van der Waals surface area contributed by atoms with E-state index in [-0.39, 0.29) is 12.5 Å². The highest BCUT2D eigenvalue weighted by atomic mass is 32.2. The summed E-state index contributed by atoms with van der Waals surface area (Å²) in [5, 5.41) is 3.03. The first-order valence-corrected chi connectivity index (χ1v) is 13.0. The van der Waals surface area contributed by atoms with Crippen LogP contribution >= 0.6 is 11.8 Å². The van der Waals surface area contributed by atoms with E-state index in [1.807, 2.05) is 36.5 Å². The number of para-hydroxylation sites is 1. The highest BCUT2D eigenvalue weighted by Crippen LogP contribution is 2.34. The fraction of sp³-hybridized carbons (Fsp3) is 0.207. The molecule has 2 saturated heterocycles. The van der Waals surface area contributed by atoms with Crippen LogP contribution in [0.3, 0.4) is 0 Å². The molecule has 180 valence electrons. The Morgan fingerprint density at radius 3 is 2.50 bits per heavy atom. The number of thioether (sulfide) groups is 1. The van der Waals surface area contributed by atoms with Crippen molar-refractivity contribution in [3.8, 4) is 0 Å². The molecular formula is C29H25N3O3S. The second-order valence-corrected chi connectivity index (χ2v) is 10.3. The molecule has 0 radical (unpaired) electrons. The third-order valence-electron chi connectivity index (χ3n) is 6.90. The third-order valence-corrected chi connectivity index (χ3v) is 7.81. The summed E-state index contributed by atoms with van der Waals surface area (Å²) in [6.45, 7) is 1.89. The van der Waals surface area contributed by atoms with Gasteiger partial charge in [0, 0.05) is 42.3 Å². The molecule has 3 amide bonds. The van der Waals surface area contributed by atoms with E-state index < -0.39 is 11.1 Å². The van der Waals surface area contributed by atoms with Crippen LogP contribution in [0, 0.1) is 0 Å². The Kier molecular flexibility index (Phi) is 5.85. The van der Waals surface area contributed by atoms with Crippen LogP contribution < -0.4 is 0 Å². The van der Waals surface area contributed by atoms with Gasteiger partial charge in [0.1, 0.15) is 6.54 Å². The summed E-state index contributed by atoms with van der Waals surface area (Å²) in [7, 11) is 0. The molecule has 2 aliphatic rings. The van der Waals surface area contributed by atoms with Crippen LogP contribution in [-0.2, 0) is 16.1 Å². The average molecular weight is 496 g/mol. The number of carbonyl (C=O) groups is 3. The molecule has 0 N–H and O–H groups in total. The minimum absolute atomic E-state index is 0.164. The van der Waals surface area contributed by atoms with Crippen molar-refractivity contribution in [3.05, 3.63) is 89.0 Å². The molecule has 6 rings (SSSR count). The lowest BCUT2D eigenvalue weighted by Crippen LogP contribution is -2.40. The van der Waals surface area contributed by atoms with Crippen molar-refractivity contribution in [2.24, 2.45) is 0 Å². The zero-order valence-electron chi connectivity index (χ0n) is 19.7. The number of nitrogens with zero attached hydrogens (tertiary/aromatic N) is 3. The lowest BCUT2D eigenvalue weighted by atomic mass is 10.1. The Morgan fingerprint density at radius 2 is 1.67 bits per heavy atom. The number of carbonyl (C=O) groups excluding carboxylic acids is 3. The first-order chi connectivity index (χ1) is 17.6. The number of benzene rings is 3. The maximum absolute atomic E-state index is 13.1. The van der Waals surface area contributed by atoms with Crippen molar-refractivity contribution in [1.29, 1.82) is 0 Å². The first kappa shape index (κ1) is 22.6. The maximum atomic E-state index is 13.1. The second kappa shape index (κ2) is 9.32. The van der Waals surface area contributed by atoms with E-state index in [1.54, 1.807) is 11.0 Å². The van der Waals surface area contributed by atoms with Gasteiger partial charge in [-0.25, -0.2) is 0 Å². The highest BCUT2D eigenvalue weighted by molar-refractivity contribution is 8.18. The van der Waals surface area contributed by atoms with Gasteiger partial charge in [-0.15, -0.1) is 0 Å². The predicted octanol–water partition coefficient (Wildman–Crippen LogP) is 5.50. The fourth-order valence-corrected chi connectivity index (χ4v) is 5.86. The van der Waals surface area contributed by atoms with Crippen LogP contribution in [-0.4, -0.2) is 51.1 Å². The number of amides is 3. The van der Waals surface area contributed by atoms with Crippen LogP contribution in [0.5, 0.6) is 0 Å². The molecule has 3 aromatic carbocycles. The smallest absolute Gasteiger partial charge is 0.294 e. The fourth-order valence-electron chi connectivity index (χ4n) is 5.03. The molecule has 36 heavy (non-hydrogen) atoms. The van der Waals surface area contributed by atoms with Gasteiger partial charge in [0.05, 0.1) is 4.91 Å². The first-order valence-electron chi connectivity index (χ1n) is 12.2. The van der Waals surface area contributed by atoms with E-state index >= 15 is 0 Å². The molecule has 0 aliphatic carbocycles. The van der Waals surface area contributed by atoms with Crippen LogP contribution in [0.15, 0.2) is 77.8 Å². The lowest BCUT2D eigenvalue weighted by molar-refractivity contribution is -0.135. The third kappa shape index (κ3) is 4.20. The van der Waals surface area contributed by atoms with Gasteiger partial charge in [-0.2, -0.15) is 0 Å². The van der Waals surface area contributed by atoms with Crippen LogP contribution in [0.1, 0.15) is 24.0 Å². The number of fused-ring (bicyclic) bond motifs is 2. The van der Waals surface area contributed by atoms with E-state index in [2.05, 4.69) is 41.0 Å². The summed E-state index contributed by atoms with van der Waals surface area (Å²) in [6.07, 6.45) is 5.75. The molecule has 0 atom stereocenters. The van der Waals surface area contributed by atoms with Crippen LogP contribution in [0.2, 0.25) is 0 Å². The summed E-state index contributed by atoms with van der Waals surface area (Å²) < 4.78 is 2.17. The number of likely N-dealkylation sites (tertiary alicyclic amines) is 1. The molecule has 6 nitrogen and oxygen atoms in total. The summed E-state index contributed by atoms with van der Waals surface area (Å²) in [5.41, 5.74) is 3.12. The van der Waals surface area contributed by atoms with Crippen molar-refractivity contribution >= 4 is 56.6 Å². The highest BCUT2D eigenvalue weighted by Gasteiger charge is 2.37. The van der Waals surface area contributed by atoms with Crippen LogP contribution in [0.25, 0.3) is 27.8 Å². The predicted molar refractivity (Wildman–Crippen MR) is 143 cm³/mol. The lowest BCUT2D eigenvalue weighted by Gasteiger charge is -2.18. The standard InChI is InChI=1S/C29H25N3O3S/c33-27(30-13-5-6-14-30)19-32-28(34)26(36-29(32)35)16-23-18-31(25-10-4-3-9-24(23)25)17-20-11-12-21-7-1-2-8-22(21)15-20/h1-4,7-12,15-16,18H,5-6,13-14,17,19H2/b26-16-. The Balaban J connectivity index is 1.29. The van der Waals surface area contributed by atoms with Gasteiger partial charge in [0.15, 0.2) is 0 Å². The van der Waals surface area contributed by atoms with E-state index in [4.69, 9.17) is 0 Å². The summed E-state index contributed by atoms with van der Waals surface area (Å²) in [6, 6.07) is 22.8. The normalized spacial score (nSPS) is 17.3. The van der Waals surface area contributed by atoms with Gasteiger partial charge >= 0.3 is 0 Å². The van der Waals surface area contributed by atoms with E-state index in [9.17, 15) is 14.4 Å². The molecule has 4 aromatic rings. The molecule has 0 saturated carbocycles. The maximum Gasteiger partial charge on any atom is 0.294 e. The molecule has 1 aromatic heterocycles. The molecule has 3 heterocycles. The molecule has 0 bridgehead atoms. The number of rotatable bonds is 5. The van der Waals surface area contributed by atoms with E-state index in [1.165, 1.54) is 16.3 Å². The van der Waals surface area contributed by atoms with Gasteiger partial charge in [0.25, 0.3) is 11.1 Å². The minimum atomic E-state index is -0.399. The van der Waals surface area contributed by atoms with Crippen molar-refractivity contribution in [3.63, 3.8) is 0 Å². The Morgan fingerprint density at radius 1 is 0.917 bits per heavy atom. The van der Waals surface area contributed by atoms with Crippen molar-refractivity contribution < 1.29 is 14.4 Å². The topological polar surface area (TPSA) is 62.6 Å². The van der Waals surface area contributed by atoms with Crippen molar-refractivity contribution in [2.45, 2.75) is 19.4 Å². The summed E-state index contributed by atoms with van der Waals surface area (Å²) in [4.78, 5) is 41.4. The number of hydrogen-bond acceptors (Lipinski definition) is 4. The molecule has 2 aliphatic heterocycles. The monoisotopic (exact) mass is 495 g/mol. The van der Waals surface area contributed by atoms with E-state index in [0.717, 1.165) is 46.0 Å². The van der Waals surface area contributed by atoms with Crippen LogP contribution in [0.4, 0.5) is 4.79 Å². The summed E-state index contributed by atoms with van der Waals surface area (Å²) in [5.74, 6) is -0.563. The van der Waals surface area contributed by atoms with Crippen molar-refractivity contribution in [2.75, 3.05) is 19.6 Å². The molecular weight excluding hydrogens is 470 g/mol. The zero-order chi connectivity index (χ0) is 24.6. The van der Waals surface area contributed by atoms with Gasteiger partial charge in [0.2, 0.25) is 5.91 Å². The van der Waals surface area contributed by atoms with Gasteiger partial charge in [-0.3, -0.25) is 19.3 Å². The average Bonchev–Trinajstić information content (AvgIpc) is 3.61. The van der Waals surface area contributed by atoms with E-state index in [0.29, 0.717) is 24.5 Å². The Labute approximate surface area is 213 Å².